The van der Waals surface area contributed by atoms with Crippen molar-refractivity contribution in [1.82, 2.24) is 5.06 Å². The SMILES string of the molecule is CCOC1Oc2ccc(OS(=O)(=O)ON(C)C)cc2C1(C)C. The van der Waals surface area contributed by atoms with Crippen LogP contribution < -0.4 is 8.92 Å². The molecule has 0 N–H and O–H groups in total. The minimum absolute atomic E-state index is 0.162. The molecule has 2 rings (SSSR count). The summed E-state index contributed by atoms with van der Waals surface area (Å²) in [4.78, 5) is 0. The van der Waals surface area contributed by atoms with Gasteiger partial charge in [0.05, 0.1) is 5.41 Å². The smallest absolute Gasteiger partial charge is 0.464 e. The number of hydroxylamine groups is 2. The van der Waals surface area contributed by atoms with E-state index < -0.39 is 22.1 Å². The highest BCUT2D eigenvalue weighted by Crippen LogP contribution is 2.44. The van der Waals surface area contributed by atoms with Crippen LogP contribution in [0, 0.1) is 0 Å². The van der Waals surface area contributed by atoms with Crippen molar-refractivity contribution in [3.63, 3.8) is 0 Å². The van der Waals surface area contributed by atoms with Gasteiger partial charge in [-0.15, -0.1) is 4.28 Å². The van der Waals surface area contributed by atoms with Gasteiger partial charge in [0.1, 0.15) is 11.5 Å². The summed E-state index contributed by atoms with van der Waals surface area (Å²) in [6.45, 7) is 6.35. The van der Waals surface area contributed by atoms with E-state index in [0.717, 1.165) is 10.6 Å². The van der Waals surface area contributed by atoms with Crippen molar-refractivity contribution in [3.8, 4) is 11.5 Å². The lowest BCUT2D eigenvalue weighted by molar-refractivity contribution is -0.0981. The van der Waals surface area contributed by atoms with Gasteiger partial charge in [-0.3, -0.25) is 0 Å². The van der Waals surface area contributed by atoms with Crippen LogP contribution in [0.1, 0.15) is 26.3 Å². The first-order chi connectivity index (χ1) is 10.2. The second-order valence-corrected chi connectivity index (χ2v) is 6.80. The molecule has 0 aliphatic carbocycles. The van der Waals surface area contributed by atoms with E-state index in [9.17, 15) is 8.42 Å². The van der Waals surface area contributed by atoms with Crippen LogP contribution >= 0.6 is 0 Å². The quantitative estimate of drug-likeness (QED) is 0.736. The van der Waals surface area contributed by atoms with Crippen LogP contribution in [0.15, 0.2) is 18.2 Å². The van der Waals surface area contributed by atoms with Gasteiger partial charge in [0, 0.05) is 26.3 Å². The summed E-state index contributed by atoms with van der Waals surface area (Å²) in [5.74, 6) is 0.816. The normalized spacial score (nSPS) is 19.8. The summed E-state index contributed by atoms with van der Waals surface area (Å²) < 4.78 is 44.3. The molecule has 8 heteroatoms. The second-order valence-electron chi connectivity index (χ2n) is 5.66. The van der Waals surface area contributed by atoms with Gasteiger partial charge in [0.2, 0.25) is 6.29 Å². The highest BCUT2D eigenvalue weighted by molar-refractivity contribution is 7.82. The zero-order valence-electron chi connectivity index (χ0n) is 13.3. The Morgan fingerprint density at radius 3 is 2.59 bits per heavy atom. The first-order valence-corrected chi connectivity index (χ1v) is 8.23. The average molecular weight is 331 g/mol. The molecule has 1 aromatic rings. The van der Waals surface area contributed by atoms with Crippen molar-refractivity contribution in [2.24, 2.45) is 0 Å². The average Bonchev–Trinajstić information content (AvgIpc) is 2.60. The van der Waals surface area contributed by atoms with Crippen LogP contribution in [-0.2, 0) is 24.8 Å². The maximum absolute atomic E-state index is 11.7. The van der Waals surface area contributed by atoms with Crippen LogP contribution in [0.4, 0.5) is 0 Å². The molecule has 124 valence electrons. The van der Waals surface area contributed by atoms with Gasteiger partial charge >= 0.3 is 10.4 Å². The molecule has 0 aromatic heterocycles. The molecule has 1 unspecified atom stereocenters. The van der Waals surface area contributed by atoms with Gasteiger partial charge in [-0.25, -0.2) is 0 Å². The molecule has 1 aliphatic heterocycles. The number of hydrogen-bond donors (Lipinski definition) is 0. The Labute approximate surface area is 131 Å². The third-order valence-corrected chi connectivity index (χ3v) is 4.10. The molecule has 0 amide bonds. The fourth-order valence-corrected chi connectivity index (χ4v) is 3.00. The van der Waals surface area contributed by atoms with Gasteiger partial charge in [0.15, 0.2) is 0 Å². The highest BCUT2D eigenvalue weighted by Gasteiger charge is 2.42. The Kier molecular flexibility index (Phi) is 4.67. The maximum Gasteiger partial charge on any atom is 0.465 e. The predicted octanol–water partition coefficient (Wildman–Crippen LogP) is 1.84. The van der Waals surface area contributed by atoms with Crippen molar-refractivity contribution in [3.05, 3.63) is 23.8 Å². The summed E-state index contributed by atoms with van der Waals surface area (Å²) in [7, 11) is -1.26. The van der Waals surface area contributed by atoms with E-state index in [0.29, 0.717) is 12.4 Å². The van der Waals surface area contributed by atoms with Gasteiger partial charge in [0.25, 0.3) is 0 Å². The molecule has 0 spiro atoms. The standard InChI is InChI=1S/C14H21NO6S/c1-6-18-13-14(2,3)11-9-10(7-8-12(11)19-13)20-22(16,17)21-15(4)5/h7-9,13H,6H2,1-5H3. The third kappa shape index (κ3) is 3.52. The van der Waals surface area contributed by atoms with Crippen molar-refractivity contribution >= 4 is 10.4 Å². The van der Waals surface area contributed by atoms with E-state index in [-0.39, 0.29) is 5.75 Å². The Morgan fingerprint density at radius 2 is 2.00 bits per heavy atom. The predicted molar refractivity (Wildman–Crippen MR) is 79.8 cm³/mol. The summed E-state index contributed by atoms with van der Waals surface area (Å²) in [5, 5.41) is 1.04. The number of nitrogens with zero attached hydrogens (tertiary/aromatic N) is 1. The minimum Gasteiger partial charge on any atom is -0.464 e. The van der Waals surface area contributed by atoms with Crippen LogP contribution in [0.25, 0.3) is 0 Å². The third-order valence-electron chi connectivity index (χ3n) is 3.23. The Balaban J connectivity index is 2.25. The van der Waals surface area contributed by atoms with E-state index in [2.05, 4.69) is 4.28 Å². The molecule has 0 fully saturated rings. The molecule has 7 nitrogen and oxygen atoms in total. The number of fused-ring (bicyclic) bond motifs is 1. The van der Waals surface area contributed by atoms with Crippen molar-refractivity contribution in [2.75, 3.05) is 20.7 Å². The largest absolute Gasteiger partial charge is 0.465 e. The number of rotatable bonds is 6. The van der Waals surface area contributed by atoms with Crippen molar-refractivity contribution in [2.45, 2.75) is 32.5 Å². The van der Waals surface area contributed by atoms with E-state index in [1.165, 1.54) is 20.2 Å². The Bertz CT molecular complexity index is 641. The zero-order chi connectivity index (χ0) is 16.5. The first-order valence-electron chi connectivity index (χ1n) is 6.90. The van der Waals surface area contributed by atoms with Gasteiger partial charge < -0.3 is 13.7 Å². The molecule has 0 saturated heterocycles. The molecule has 1 aromatic carbocycles. The fourth-order valence-electron chi connectivity index (χ4n) is 2.27. The van der Waals surface area contributed by atoms with Crippen LogP contribution in [0.2, 0.25) is 0 Å². The Morgan fingerprint density at radius 1 is 1.32 bits per heavy atom. The van der Waals surface area contributed by atoms with Crippen molar-refractivity contribution < 1.29 is 26.4 Å². The highest BCUT2D eigenvalue weighted by atomic mass is 32.3. The molecular weight excluding hydrogens is 310 g/mol. The molecule has 0 saturated carbocycles. The minimum atomic E-state index is -4.16. The number of hydrogen-bond acceptors (Lipinski definition) is 7. The molecule has 22 heavy (non-hydrogen) atoms. The lowest BCUT2D eigenvalue weighted by Gasteiger charge is -2.25. The van der Waals surface area contributed by atoms with E-state index in [1.807, 2.05) is 20.8 Å². The van der Waals surface area contributed by atoms with Gasteiger partial charge in [-0.1, -0.05) is 0 Å². The summed E-state index contributed by atoms with van der Waals surface area (Å²) >= 11 is 0. The van der Waals surface area contributed by atoms with E-state index >= 15 is 0 Å². The molecule has 1 atom stereocenters. The first kappa shape index (κ1) is 17.0. The van der Waals surface area contributed by atoms with Crippen LogP contribution in [0.5, 0.6) is 11.5 Å². The van der Waals surface area contributed by atoms with Crippen LogP contribution in [-0.4, -0.2) is 40.5 Å². The fraction of sp³-hybridized carbons (Fsp3) is 0.571. The zero-order valence-corrected chi connectivity index (χ0v) is 14.1. The number of ether oxygens (including phenoxy) is 2. The summed E-state index contributed by atoms with van der Waals surface area (Å²) in [5.41, 5.74) is 0.403. The summed E-state index contributed by atoms with van der Waals surface area (Å²) in [6.07, 6.45) is -0.419. The molecule has 0 radical (unpaired) electrons. The van der Waals surface area contributed by atoms with E-state index in [1.54, 1.807) is 12.1 Å². The topological polar surface area (TPSA) is 74.3 Å². The number of benzene rings is 1. The van der Waals surface area contributed by atoms with E-state index in [4.69, 9.17) is 13.7 Å². The lowest BCUT2D eigenvalue weighted by atomic mass is 9.85. The van der Waals surface area contributed by atoms with Gasteiger partial charge in [-0.2, -0.15) is 13.5 Å². The maximum atomic E-state index is 11.7. The molecule has 1 aliphatic rings. The monoisotopic (exact) mass is 331 g/mol. The molecular formula is C14H21NO6S. The second kappa shape index (κ2) is 6.04. The lowest BCUT2D eigenvalue weighted by Crippen LogP contribution is -2.34. The van der Waals surface area contributed by atoms with Crippen molar-refractivity contribution in [1.29, 1.82) is 0 Å². The Hall–Kier alpha value is -1.35. The van der Waals surface area contributed by atoms with Gasteiger partial charge in [-0.05, 0) is 39.0 Å². The summed E-state index contributed by atoms with van der Waals surface area (Å²) in [6, 6.07) is 4.81. The molecule has 1 heterocycles. The molecule has 0 bridgehead atoms. The van der Waals surface area contributed by atoms with Crippen LogP contribution in [0.3, 0.4) is 0 Å².